The van der Waals surface area contributed by atoms with E-state index in [0.29, 0.717) is 0 Å². The first-order valence-electron chi connectivity index (χ1n) is 3.55. The number of carbonyl (C=O) groups excluding carboxylic acids is 1. The molecule has 0 amide bonds. The molecule has 0 radical (unpaired) electrons. The third-order valence-corrected chi connectivity index (χ3v) is 0.470. The fourth-order valence-electron chi connectivity index (χ4n) is 0.239. The number of ketones is 1. The largest absolute Gasteiger partial charge is 0.373 e. The van der Waals surface area contributed by atoms with Crippen molar-refractivity contribution >= 4 is 5.78 Å². The van der Waals surface area contributed by atoms with E-state index in [1.54, 1.807) is 0 Å². The molecule has 0 aromatic rings. The molecule has 0 unspecified atom stereocenters. The second-order valence-corrected chi connectivity index (χ2v) is 0.897. The lowest BCUT2D eigenvalue weighted by Gasteiger charge is -1.75. The first-order valence-corrected chi connectivity index (χ1v) is 1.55. The van der Waals surface area contributed by atoms with Crippen LogP contribution in [0.15, 0.2) is 0 Å². The van der Waals surface area contributed by atoms with Crippen LogP contribution in [-0.4, -0.2) is 18.9 Å². The summed E-state index contributed by atoms with van der Waals surface area (Å²) >= 11 is 0. The van der Waals surface area contributed by atoms with Crippen molar-refractivity contribution in [2.24, 2.45) is 0 Å². The van der Waals surface area contributed by atoms with Crippen molar-refractivity contribution in [1.29, 1.82) is 0 Å². The fourth-order valence-corrected chi connectivity index (χ4v) is 0.239. The minimum Gasteiger partial charge on any atom is -0.373 e. The smallest absolute Gasteiger partial charge is 0.160 e. The van der Waals surface area contributed by atoms with E-state index in [9.17, 15) is 4.79 Å². The Morgan fingerprint density at radius 1 is 2.00 bits per heavy atom. The van der Waals surface area contributed by atoms with Crippen LogP contribution in [0, 0.1) is 0 Å². The summed E-state index contributed by atoms with van der Waals surface area (Å²) in [6, 6.07) is 0. The molecule has 0 aromatic heterocycles. The van der Waals surface area contributed by atoms with Crippen molar-refractivity contribution in [3.8, 4) is 0 Å². The van der Waals surface area contributed by atoms with E-state index in [1.165, 1.54) is 0 Å². The van der Waals surface area contributed by atoms with Crippen molar-refractivity contribution in [1.82, 2.24) is 0 Å². The fraction of sp³-hybridized carbons (Fsp3) is 0.750. The van der Waals surface area contributed by atoms with Gasteiger partial charge < -0.3 is 4.74 Å². The van der Waals surface area contributed by atoms with Crippen molar-refractivity contribution in [2.45, 2.75) is 6.37 Å². The van der Waals surface area contributed by atoms with Gasteiger partial charge in [0.05, 0.1) is 9.35 Å². The maximum absolute atomic E-state index is 10.7. The second-order valence-electron chi connectivity index (χ2n) is 0.897. The number of hydrogen-bond acceptors (Lipinski definition) is 2. The summed E-state index contributed by atoms with van der Waals surface area (Å²) in [6.45, 7) is -2.91. The number of carbonyl (C=O) groups is 1. The molecule has 1 aliphatic heterocycles. The predicted octanol–water partition coefficient (Wildman–Crippen LogP) is -0.0242. The van der Waals surface area contributed by atoms with Crippen LogP contribution in [0.2, 0.25) is 0 Å². The molecule has 0 spiro atoms. The third-order valence-electron chi connectivity index (χ3n) is 0.470. The van der Waals surface area contributed by atoms with Crippen LogP contribution in [0.5, 0.6) is 0 Å². The maximum atomic E-state index is 10.7. The van der Waals surface area contributed by atoms with E-state index in [1.807, 2.05) is 0 Å². The van der Waals surface area contributed by atoms with Crippen LogP contribution in [-0.2, 0) is 9.53 Å². The van der Waals surface area contributed by atoms with Gasteiger partial charge in [0.1, 0.15) is 6.56 Å². The van der Waals surface area contributed by atoms with Gasteiger partial charge in [-0.25, -0.2) is 0 Å². The Morgan fingerprint density at radius 2 is 2.83 bits per heavy atom. The molecule has 1 aliphatic rings. The normalized spacial score (nSPS) is 49.0. The van der Waals surface area contributed by atoms with Gasteiger partial charge in [-0.1, -0.05) is 0 Å². The summed E-state index contributed by atoms with van der Waals surface area (Å²) in [5, 5.41) is 0. The van der Waals surface area contributed by atoms with Gasteiger partial charge >= 0.3 is 0 Å². The quantitative estimate of drug-likeness (QED) is 0.417. The molecule has 2 nitrogen and oxygen atoms in total. The van der Waals surface area contributed by atoms with E-state index in [4.69, 9.17) is 5.48 Å². The molecule has 1 saturated heterocycles. The highest BCUT2D eigenvalue weighted by Crippen LogP contribution is 1.94. The lowest BCUT2D eigenvalue weighted by Crippen LogP contribution is -1.91. The second kappa shape index (κ2) is 1.39. The Morgan fingerprint density at radius 3 is 3.00 bits per heavy atom. The highest BCUT2D eigenvalue weighted by molar-refractivity contribution is 5.81. The van der Waals surface area contributed by atoms with Gasteiger partial charge in [0.2, 0.25) is 0 Å². The van der Waals surface area contributed by atoms with Crippen LogP contribution < -0.4 is 0 Å². The van der Waals surface area contributed by atoms with Gasteiger partial charge in [-0.2, -0.15) is 0 Å². The Bertz CT molecular complexity index is 158. The zero-order valence-corrected chi connectivity index (χ0v) is 3.02. The number of Topliss-reactive ketones (excluding diaryl/α,β-unsaturated/α-hetero) is 1. The third kappa shape index (κ3) is 0.571. The van der Waals surface area contributed by atoms with Gasteiger partial charge in [0.25, 0.3) is 0 Å². The lowest BCUT2D eigenvalue weighted by atomic mass is 10.4. The predicted molar refractivity (Wildman–Crippen MR) is 20.4 cm³/mol. The molecule has 1 fully saturated rings. The number of rotatable bonds is 0. The molecule has 0 atom stereocenters. The highest BCUT2D eigenvalue weighted by atomic mass is 16.5. The summed E-state index contributed by atoms with van der Waals surface area (Å²) in [5.41, 5.74) is 0. The SMILES string of the molecule is [2H]C1([2H])COC([2H])([2H])C1=O. The summed E-state index contributed by atoms with van der Waals surface area (Å²) in [6.07, 6.45) is -2.15. The summed E-state index contributed by atoms with van der Waals surface area (Å²) in [4.78, 5) is 10.7. The van der Waals surface area contributed by atoms with E-state index >= 15 is 0 Å². The topological polar surface area (TPSA) is 26.3 Å². The van der Waals surface area contributed by atoms with Gasteiger partial charge in [-0.3, -0.25) is 4.79 Å². The molecule has 34 valence electrons. The number of ether oxygens (including phenoxy) is 1. The Balaban J connectivity index is 2.88. The molecule has 0 aromatic carbocycles. The molecule has 1 rings (SSSR count). The minimum absolute atomic E-state index is 0.487. The van der Waals surface area contributed by atoms with E-state index < -0.39 is 25.3 Å². The average Bonchev–Trinajstić information content (AvgIpc) is 1.95. The van der Waals surface area contributed by atoms with Gasteiger partial charge in [-0.05, 0) is 0 Å². The van der Waals surface area contributed by atoms with E-state index in [2.05, 4.69) is 4.74 Å². The zero-order chi connectivity index (χ0) is 7.99. The molecular formula is C4H6O2. The van der Waals surface area contributed by atoms with Crippen LogP contribution in [0.1, 0.15) is 11.9 Å². The minimum atomic E-state index is -2.43. The van der Waals surface area contributed by atoms with Crippen LogP contribution in [0.4, 0.5) is 0 Å². The Labute approximate surface area is 41.7 Å². The van der Waals surface area contributed by atoms with Gasteiger partial charge in [-0.15, -0.1) is 0 Å². The molecule has 0 N–H and O–H groups in total. The molecule has 0 saturated carbocycles. The van der Waals surface area contributed by atoms with Crippen molar-refractivity contribution in [3.05, 3.63) is 0 Å². The molecule has 0 bridgehead atoms. The van der Waals surface area contributed by atoms with Crippen molar-refractivity contribution in [2.75, 3.05) is 13.2 Å². The maximum Gasteiger partial charge on any atom is 0.160 e. The standard InChI is InChI=1S/C4H6O2/c5-4-1-2-6-3-4/h1-3H2/i1D2,3D2. The monoisotopic (exact) mass is 90.1 g/mol. The first kappa shape index (κ1) is 1.30. The van der Waals surface area contributed by atoms with Gasteiger partial charge in [0, 0.05) is 9.11 Å². The van der Waals surface area contributed by atoms with Crippen LogP contribution in [0.25, 0.3) is 0 Å². The first-order chi connectivity index (χ1) is 4.36. The highest BCUT2D eigenvalue weighted by Gasteiger charge is 2.07. The van der Waals surface area contributed by atoms with Crippen molar-refractivity contribution in [3.63, 3.8) is 0 Å². The Kier molecular flexibility index (Phi) is 0.301. The summed E-state index contributed by atoms with van der Waals surface area (Å²) < 4.78 is 31.7. The lowest BCUT2D eigenvalue weighted by molar-refractivity contribution is -0.117. The van der Waals surface area contributed by atoms with Gasteiger partial charge in [0.15, 0.2) is 5.78 Å². The Hall–Kier alpha value is -0.370. The zero-order valence-electron chi connectivity index (χ0n) is 7.02. The molecule has 2 heteroatoms. The van der Waals surface area contributed by atoms with E-state index in [-0.39, 0.29) is 0 Å². The summed E-state index contributed by atoms with van der Waals surface area (Å²) in [7, 11) is 0. The summed E-state index contributed by atoms with van der Waals surface area (Å²) in [5.74, 6) is -1.12. The molecular weight excluding hydrogens is 80.0 g/mol. The molecule has 6 heavy (non-hydrogen) atoms. The van der Waals surface area contributed by atoms with Crippen LogP contribution >= 0.6 is 0 Å². The molecule has 0 aliphatic carbocycles. The average molecular weight is 90.1 g/mol. The number of hydrogen-bond donors (Lipinski definition) is 0. The van der Waals surface area contributed by atoms with Crippen molar-refractivity contribution < 1.29 is 15.0 Å². The van der Waals surface area contributed by atoms with E-state index in [0.717, 1.165) is 0 Å². The van der Waals surface area contributed by atoms with Crippen LogP contribution in [0.3, 0.4) is 0 Å². The molecule has 1 heterocycles.